The molecule has 0 radical (unpaired) electrons. The van der Waals surface area contributed by atoms with E-state index in [0.29, 0.717) is 0 Å². The van der Waals surface area contributed by atoms with Gasteiger partial charge in [-0.3, -0.25) is 0 Å². The first kappa shape index (κ1) is 9.93. The molecule has 0 atom stereocenters. The van der Waals surface area contributed by atoms with Crippen LogP contribution < -0.4 is 0 Å². The first-order chi connectivity index (χ1) is 4.87. The summed E-state index contributed by atoms with van der Waals surface area (Å²) in [7, 11) is 0.784. The van der Waals surface area contributed by atoms with Crippen LogP contribution in [0, 0.1) is 0 Å². The van der Waals surface area contributed by atoms with Gasteiger partial charge in [-0.2, -0.15) is 17.6 Å². The quantitative estimate of drug-likeness (QED) is 0.341. The second-order valence-electron chi connectivity index (χ2n) is 1.53. The van der Waals surface area contributed by atoms with Gasteiger partial charge in [0, 0.05) is 0 Å². The van der Waals surface area contributed by atoms with Gasteiger partial charge in [-0.25, -0.2) is 4.79 Å². The van der Waals surface area contributed by atoms with Crippen molar-refractivity contribution < 1.29 is 27.1 Å². The molecule has 64 valence electrons. The first-order valence-corrected chi connectivity index (χ1v) is 2.40. The average Bonchev–Trinajstić information content (AvgIpc) is 1.82. The predicted octanol–water partition coefficient (Wildman–Crippen LogP) is 1.58. The largest absolute Gasteiger partial charge is 0.464 e. The predicted molar refractivity (Wildman–Crippen MR) is 27.3 cm³/mol. The number of ether oxygens (including phenoxy) is 1. The molecule has 0 aromatic rings. The summed E-state index contributed by atoms with van der Waals surface area (Å²) < 4.78 is 49.5. The van der Waals surface area contributed by atoms with Crippen LogP contribution in [0.3, 0.4) is 0 Å². The fraction of sp³-hybridized carbons (Fsp3) is 0.400. The summed E-state index contributed by atoms with van der Waals surface area (Å²) in [5.41, 5.74) is 0. The van der Waals surface area contributed by atoms with Crippen molar-refractivity contribution in [2.45, 2.75) is 6.18 Å². The van der Waals surface area contributed by atoms with Crippen LogP contribution >= 0.6 is 0 Å². The van der Waals surface area contributed by atoms with E-state index in [1.54, 1.807) is 0 Å². The maximum atomic E-state index is 12.0. The van der Waals surface area contributed by atoms with E-state index in [1.165, 1.54) is 0 Å². The van der Waals surface area contributed by atoms with Gasteiger partial charge in [0.15, 0.2) is 0 Å². The summed E-state index contributed by atoms with van der Waals surface area (Å²) in [6, 6.07) is 0. The van der Waals surface area contributed by atoms with E-state index < -0.39 is 24.0 Å². The van der Waals surface area contributed by atoms with Gasteiger partial charge >= 0.3 is 12.1 Å². The topological polar surface area (TPSA) is 26.3 Å². The molecule has 0 fully saturated rings. The summed E-state index contributed by atoms with van der Waals surface area (Å²) in [5, 5.41) is 0. The Morgan fingerprint density at radius 3 is 2.18 bits per heavy atom. The molecule has 0 aliphatic carbocycles. The van der Waals surface area contributed by atoms with E-state index >= 15 is 0 Å². The van der Waals surface area contributed by atoms with Crippen LogP contribution in [0.1, 0.15) is 0 Å². The zero-order chi connectivity index (χ0) is 9.07. The standard InChI is InChI=1S/C5H4F4O2/c1-11-4(10)3(6)2-5(7,8)9/h2H,1H3. The first-order valence-electron chi connectivity index (χ1n) is 2.40. The SMILES string of the molecule is COC(=O)C(F)=CC(F)(F)F. The highest BCUT2D eigenvalue weighted by Gasteiger charge is 2.27. The maximum Gasteiger partial charge on any atom is 0.412 e. The number of esters is 1. The minimum absolute atomic E-state index is 0.765. The van der Waals surface area contributed by atoms with Crippen molar-refractivity contribution in [3.05, 3.63) is 11.9 Å². The molecule has 0 aliphatic heterocycles. The lowest BCUT2D eigenvalue weighted by atomic mass is 10.4. The number of halogens is 4. The Labute approximate surface area is 59.4 Å². The van der Waals surface area contributed by atoms with Crippen LogP contribution in [0.25, 0.3) is 0 Å². The molecule has 0 saturated carbocycles. The minimum Gasteiger partial charge on any atom is -0.464 e. The number of allylic oxidation sites excluding steroid dienone is 1. The summed E-state index contributed by atoms with van der Waals surface area (Å²) in [5.74, 6) is -3.60. The minimum atomic E-state index is -4.84. The van der Waals surface area contributed by atoms with Crippen molar-refractivity contribution in [2.24, 2.45) is 0 Å². The van der Waals surface area contributed by atoms with Crippen LogP contribution in [0.15, 0.2) is 11.9 Å². The van der Waals surface area contributed by atoms with Crippen molar-refractivity contribution in [1.82, 2.24) is 0 Å². The van der Waals surface area contributed by atoms with Crippen molar-refractivity contribution in [2.75, 3.05) is 7.11 Å². The number of hydrogen-bond donors (Lipinski definition) is 0. The summed E-state index contributed by atoms with van der Waals surface area (Å²) in [6.45, 7) is 0. The summed E-state index contributed by atoms with van der Waals surface area (Å²) in [6.07, 6.45) is -5.60. The van der Waals surface area contributed by atoms with Gasteiger partial charge < -0.3 is 4.74 Å². The van der Waals surface area contributed by atoms with E-state index in [2.05, 4.69) is 4.74 Å². The Hall–Kier alpha value is -1.07. The van der Waals surface area contributed by atoms with E-state index in [9.17, 15) is 22.4 Å². The summed E-state index contributed by atoms with van der Waals surface area (Å²) in [4.78, 5) is 10.0. The maximum absolute atomic E-state index is 12.0. The monoisotopic (exact) mass is 172 g/mol. The summed E-state index contributed by atoms with van der Waals surface area (Å²) >= 11 is 0. The molecule has 0 aromatic heterocycles. The third-order valence-corrected chi connectivity index (χ3v) is 0.671. The third kappa shape index (κ3) is 4.35. The molecule has 0 saturated heterocycles. The fourth-order valence-corrected chi connectivity index (χ4v) is 0.300. The van der Waals surface area contributed by atoms with E-state index in [-0.39, 0.29) is 0 Å². The molecule has 0 aromatic carbocycles. The number of methoxy groups -OCH3 is 1. The van der Waals surface area contributed by atoms with Gasteiger partial charge in [0.25, 0.3) is 0 Å². The molecule has 0 aliphatic rings. The molecule has 0 spiro atoms. The van der Waals surface area contributed by atoms with Crippen LogP contribution in [-0.4, -0.2) is 19.3 Å². The number of rotatable bonds is 1. The third-order valence-electron chi connectivity index (χ3n) is 0.671. The Morgan fingerprint density at radius 2 is 1.91 bits per heavy atom. The highest BCUT2D eigenvalue weighted by Crippen LogP contribution is 2.19. The molecule has 6 heteroatoms. The Morgan fingerprint density at radius 1 is 1.45 bits per heavy atom. The normalized spacial score (nSPS) is 13.0. The smallest absolute Gasteiger partial charge is 0.412 e. The lowest BCUT2D eigenvalue weighted by Crippen LogP contribution is -2.08. The molecule has 0 N–H and O–H groups in total. The van der Waals surface area contributed by atoms with Gasteiger partial charge in [0.1, 0.15) is 0 Å². The van der Waals surface area contributed by atoms with E-state index in [1.807, 2.05) is 0 Å². The molecule has 0 bridgehead atoms. The lowest BCUT2D eigenvalue weighted by Gasteiger charge is -1.98. The zero-order valence-electron chi connectivity index (χ0n) is 5.41. The van der Waals surface area contributed by atoms with Crippen LogP contribution in [0.2, 0.25) is 0 Å². The number of carbonyl (C=O) groups excluding carboxylic acids is 1. The second-order valence-corrected chi connectivity index (χ2v) is 1.53. The Kier molecular flexibility index (Phi) is 3.03. The van der Waals surface area contributed by atoms with E-state index in [0.717, 1.165) is 7.11 Å². The van der Waals surface area contributed by atoms with Gasteiger partial charge in [-0.05, 0) is 0 Å². The van der Waals surface area contributed by atoms with Crippen molar-refractivity contribution in [3.63, 3.8) is 0 Å². The van der Waals surface area contributed by atoms with E-state index in [4.69, 9.17) is 0 Å². The van der Waals surface area contributed by atoms with Crippen molar-refractivity contribution in [3.8, 4) is 0 Å². The molecule has 0 amide bonds. The van der Waals surface area contributed by atoms with Gasteiger partial charge in [-0.1, -0.05) is 0 Å². The van der Waals surface area contributed by atoms with Crippen LogP contribution in [0.5, 0.6) is 0 Å². The zero-order valence-corrected chi connectivity index (χ0v) is 5.41. The molecular formula is C5H4F4O2. The van der Waals surface area contributed by atoms with Crippen molar-refractivity contribution >= 4 is 5.97 Å². The molecule has 11 heavy (non-hydrogen) atoms. The van der Waals surface area contributed by atoms with Crippen molar-refractivity contribution in [1.29, 1.82) is 0 Å². The molecule has 0 unspecified atom stereocenters. The molecule has 0 rings (SSSR count). The lowest BCUT2D eigenvalue weighted by molar-refractivity contribution is -0.138. The molecule has 2 nitrogen and oxygen atoms in total. The van der Waals surface area contributed by atoms with Crippen LogP contribution in [0.4, 0.5) is 17.6 Å². The molecular weight excluding hydrogens is 168 g/mol. The number of hydrogen-bond acceptors (Lipinski definition) is 2. The average molecular weight is 172 g/mol. The number of carbonyl (C=O) groups is 1. The van der Waals surface area contributed by atoms with Gasteiger partial charge in [-0.15, -0.1) is 0 Å². The number of alkyl halides is 3. The highest BCUT2D eigenvalue weighted by atomic mass is 19.4. The molecule has 0 heterocycles. The Bertz CT molecular complexity index is 181. The fourth-order valence-electron chi connectivity index (χ4n) is 0.300. The van der Waals surface area contributed by atoms with Gasteiger partial charge in [0.05, 0.1) is 13.2 Å². The van der Waals surface area contributed by atoms with Gasteiger partial charge in [0.2, 0.25) is 5.83 Å². The highest BCUT2D eigenvalue weighted by molar-refractivity contribution is 5.85. The second kappa shape index (κ2) is 3.36. The van der Waals surface area contributed by atoms with Crippen LogP contribution in [-0.2, 0) is 9.53 Å². The Balaban J connectivity index is 4.34.